The molecule has 0 aliphatic heterocycles. The Kier molecular flexibility index (Phi) is 36.2. The lowest BCUT2D eigenvalue weighted by atomic mass is 10.0. The van der Waals surface area contributed by atoms with Gasteiger partial charge in [0.05, 0.1) is 39.6 Å². The predicted octanol–water partition coefficient (Wildman–Crippen LogP) is 2.90. The molecule has 0 rings (SSSR count). The molecule has 0 aliphatic rings. The summed E-state index contributed by atoms with van der Waals surface area (Å²) in [5, 5.41) is 37.7. The van der Waals surface area contributed by atoms with Gasteiger partial charge in [-0.3, -0.25) is 28.8 Å². The Morgan fingerprint density at radius 2 is 0.783 bits per heavy atom. The van der Waals surface area contributed by atoms with Gasteiger partial charge in [-0.15, -0.1) is 0 Å². The monoisotopic (exact) mass is 860 g/mol. The number of ether oxygens (including phenoxy) is 4. The van der Waals surface area contributed by atoms with Gasteiger partial charge in [-0.25, -0.2) is 9.59 Å². The zero-order chi connectivity index (χ0) is 44.6. The number of unbranched alkanes of at least 4 members (excludes halogenated alkanes) is 13. The Hall–Kier alpha value is -4.20. The second-order valence-corrected chi connectivity index (χ2v) is 14.6. The maximum atomic E-state index is 12.5. The molecule has 0 fully saturated rings. The van der Waals surface area contributed by atoms with Gasteiger partial charge < -0.3 is 55.5 Å². The van der Waals surface area contributed by atoms with Crippen molar-refractivity contribution in [1.29, 1.82) is 0 Å². The molecule has 0 heterocycles. The maximum Gasteiger partial charge on any atom is 0.326 e. The summed E-state index contributed by atoms with van der Waals surface area (Å²) in [6.45, 7) is 3.00. The topological polar surface area (TPSA) is 282 Å². The molecule has 7 N–H and O–H groups in total. The van der Waals surface area contributed by atoms with Crippen molar-refractivity contribution in [3.05, 3.63) is 0 Å². The minimum absolute atomic E-state index is 0.0366. The molecule has 60 heavy (non-hydrogen) atoms. The molecule has 0 saturated carbocycles. The van der Waals surface area contributed by atoms with Crippen LogP contribution < -0.4 is 21.3 Å². The highest BCUT2D eigenvalue weighted by Crippen LogP contribution is 2.14. The van der Waals surface area contributed by atoms with Crippen molar-refractivity contribution >= 4 is 47.3 Å². The summed E-state index contributed by atoms with van der Waals surface area (Å²) < 4.78 is 20.9. The van der Waals surface area contributed by atoms with Crippen molar-refractivity contribution < 1.29 is 72.6 Å². The van der Waals surface area contributed by atoms with E-state index in [0.717, 1.165) is 51.4 Å². The first-order valence-corrected chi connectivity index (χ1v) is 21.4. The third-order valence-corrected chi connectivity index (χ3v) is 9.05. The summed E-state index contributed by atoms with van der Waals surface area (Å²) >= 11 is 0. The highest BCUT2D eigenvalue weighted by molar-refractivity contribution is 5.86. The van der Waals surface area contributed by atoms with Crippen LogP contribution in [0.15, 0.2) is 0 Å². The number of ketones is 1. The first-order valence-electron chi connectivity index (χ1n) is 21.4. The van der Waals surface area contributed by atoms with Gasteiger partial charge in [-0.1, -0.05) is 77.0 Å². The lowest BCUT2D eigenvalue weighted by Gasteiger charge is -2.17. The fraction of sp³-hybridized carbons (Fsp3) is 0.805. The van der Waals surface area contributed by atoms with Crippen molar-refractivity contribution in [3.63, 3.8) is 0 Å². The van der Waals surface area contributed by atoms with Crippen LogP contribution in [-0.4, -0.2) is 141 Å². The normalized spacial score (nSPS) is 11.9. The van der Waals surface area contributed by atoms with Gasteiger partial charge >= 0.3 is 17.9 Å². The molecular weight excluding hydrogens is 788 g/mol. The average molecular weight is 861 g/mol. The Bertz CT molecular complexity index is 1240. The van der Waals surface area contributed by atoms with Crippen LogP contribution in [0.2, 0.25) is 0 Å². The first kappa shape index (κ1) is 55.8. The molecule has 0 aliphatic carbocycles. The van der Waals surface area contributed by atoms with E-state index in [4.69, 9.17) is 24.1 Å². The number of carbonyl (C=O) groups is 8. The zero-order valence-corrected chi connectivity index (χ0v) is 35.6. The SMILES string of the molecule is CC(=O)COCCOCCNC(=O)COCCOCCNC(=O)CC[C@H](NC(=O)CC[C@H](NC(=O)CCCCCCCCCCCCCCCCC(=O)O)C(=O)O)C(=O)O. The van der Waals surface area contributed by atoms with Crippen LogP contribution in [0.25, 0.3) is 0 Å². The molecule has 0 saturated heterocycles. The number of hydrogen-bond acceptors (Lipinski definition) is 12. The Balaban J connectivity index is 3.99. The lowest BCUT2D eigenvalue weighted by molar-refractivity contribution is -0.143. The van der Waals surface area contributed by atoms with Crippen molar-refractivity contribution in [2.24, 2.45) is 0 Å². The molecule has 346 valence electrons. The van der Waals surface area contributed by atoms with E-state index in [0.29, 0.717) is 13.0 Å². The molecule has 0 radical (unpaired) electrons. The maximum absolute atomic E-state index is 12.5. The van der Waals surface area contributed by atoms with E-state index in [9.17, 15) is 48.6 Å². The van der Waals surface area contributed by atoms with E-state index in [1.807, 2.05) is 0 Å². The van der Waals surface area contributed by atoms with E-state index in [-0.39, 0.29) is 110 Å². The Morgan fingerprint density at radius 1 is 0.417 bits per heavy atom. The number of aliphatic carboxylic acids is 3. The summed E-state index contributed by atoms with van der Waals surface area (Å²) in [5.74, 6) is -5.40. The third kappa shape index (κ3) is 38.0. The van der Waals surface area contributed by atoms with Gasteiger partial charge in [0.25, 0.3) is 0 Å². The van der Waals surface area contributed by atoms with Gasteiger partial charge in [0, 0.05) is 38.8 Å². The number of carboxylic acid groups (broad SMARTS) is 3. The number of carboxylic acids is 3. The molecule has 0 spiro atoms. The predicted molar refractivity (Wildman–Crippen MR) is 219 cm³/mol. The standard InChI is InChI=1S/C41H72N4O15/c1-32(46)30-59-28-26-58-25-23-43-38(50)31-60-29-27-57-24-22-42-35(47)20-18-33(40(53)54)45-37(49)21-19-34(41(55)56)44-36(48)16-14-12-10-8-6-4-2-3-5-7-9-11-13-15-17-39(51)52/h33-34H,2-31H2,1H3,(H,42,47)(H,43,50)(H,44,48)(H,45,49)(H,51,52)(H,53,54)(H,55,56)/t33-,34-/m0/s1. The molecular formula is C41H72N4O15. The summed E-state index contributed by atoms with van der Waals surface area (Å²) in [6, 6.07) is -2.69. The largest absolute Gasteiger partial charge is 0.481 e. The minimum atomic E-state index is -1.38. The third-order valence-electron chi connectivity index (χ3n) is 9.05. The number of nitrogens with one attached hydrogen (secondary N) is 4. The number of rotatable bonds is 43. The Morgan fingerprint density at radius 3 is 1.22 bits per heavy atom. The van der Waals surface area contributed by atoms with Crippen molar-refractivity contribution in [3.8, 4) is 0 Å². The number of amides is 4. The van der Waals surface area contributed by atoms with Crippen molar-refractivity contribution in [1.82, 2.24) is 21.3 Å². The molecule has 19 nitrogen and oxygen atoms in total. The molecule has 19 heteroatoms. The second-order valence-electron chi connectivity index (χ2n) is 14.6. The van der Waals surface area contributed by atoms with Gasteiger partial charge in [-0.05, 0) is 32.6 Å². The van der Waals surface area contributed by atoms with Crippen LogP contribution in [0.1, 0.15) is 135 Å². The minimum Gasteiger partial charge on any atom is -0.481 e. The molecule has 0 aromatic rings. The van der Waals surface area contributed by atoms with Crippen LogP contribution in [0.4, 0.5) is 0 Å². The van der Waals surface area contributed by atoms with Crippen LogP contribution >= 0.6 is 0 Å². The van der Waals surface area contributed by atoms with E-state index in [1.165, 1.54) is 39.0 Å². The Labute approximate surface area is 354 Å². The first-order chi connectivity index (χ1) is 28.8. The smallest absolute Gasteiger partial charge is 0.326 e. The highest BCUT2D eigenvalue weighted by atomic mass is 16.5. The van der Waals surface area contributed by atoms with E-state index >= 15 is 0 Å². The molecule has 0 aromatic heterocycles. The average Bonchev–Trinajstić information content (AvgIpc) is 3.19. The number of Topliss-reactive ketones (excluding diaryl/α,β-unsaturated/α-hetero) is 1. The number of hydrogen-bond donors (Lipinski definition) is 7. The fourth-order valence-corrected chi connectivity index (χ4v) is 5.77. The lowest BCUT2D eigenvalue weighted by Crippen LogP contribution is -2.44. The van der Waals surface area contributed by atoms with Crippen LogP contribution in [0.5, 0.6) is 0 Å². The molecule has 4 amide bonds. The van der Waals surface area contributed by atoms with Crippen LogP contribution in [0.3, 0.4) is 0 Å². The van der Waals surface area contributed by atoms with Crippen LogP contribution in [0, 0.1) is 0 Å². The van der Waals surface area contributed by atoms with Gasteiger partial charge in [0.15, 0.2) is 5.78 Å². The van der Waals surface area contributed by atoms with E-state index in [2.05, 4.69) is 21.3 Å². The van der Waals surface area contributed by atoms with Gasteiger partial charge in [0.1, 0.15) is 25.3 Å². The van der Waals surface area contributed by atoms with E-state index < -0.39 is 47.7 Å². The van der Waals surface area contributed by atoms with Crippen LogP contribution in [-0.2, 0) is 57.3 Å². The molecule has 0 unspecified atom stereocenters. The zero-order valence-electron chi connectivity index (χ0n) is 35.6. The molecule has 0 bridgehead atoms. The van der Waals surface area contributed by atoms with Gasteiger partial charge in [0.2, 0.25) is 23.6 Å². The van der Waals surface area contributed by atoms with Gasteiger partial charge in [-0.2, -0.15) is 0 Å². The quantitative estimate of drug-likeness (QED) is 0.0434. The van der Waals surface area contributed by atoms with E-state index in [1.54, 1.807) is 0 Å². The second kappa shape index (κ2) is 39.0. The number of carbonyl (C=O) groups excluding carboxylic acids is 5. The van der Waals surface area contributed by atoms with Crippen molar-refractivity contribution in [2.45, 2.75) is 147 Å². The fourth-order valence-electron chi connectivity index (χ4n) is 5.77. The summed E-state index contributed by atoms with van der Waals surface area (Å²) in [4.78, 5) is 93.5. The van der Waals surface area contributed by atoms with Crippen molar-refractivity contribution in [2.75, 3.05) is 65.9 Å². The summed E-state index contributed by atoms with van der Waals surface area (Å²) in [7, 11) is 0. The molecule has 0 aromatic carbocycles. The summed E-state index contributed by atoms with van der Waals surface area (Å²) in [6.07, 6.45) is 14.0. The molecule has 2 atom stereocenters. The summed E-state index contributed by atoms with van der Waals surface area (Å²) in [5.41, 5.74) is 0. The highest BCUT2D eigenvalue weighted by Gasteiger charge is 2.24.